The number of ether oxygens (including phenoxy) is 3. The number of β-amino-alcohol motifs (C(OH)–C–C–N with tert-alkyl or cyclic N) is 1. The van der Waals surface area contributed by atoms with E-state index in [-0.39, 0.29) is 23.7 Å². The molecule has 36 heavy (non-hydrogen) atoms. The van der Waals surface area contributed by atoms with Crippen molar-refractivity contribution in [2.24, 2.45) is 0 Å². The van der Waals surface area contributed by atoms with Crippen molar-refractivity contribution in [3.05, 3.63) is 51.5 Å². The van der Waals surface area contributed by atoms with Crippen LogP contribution in [0, 0.1) is 0 Å². The lowest BCUT2D eigenvalue weighted by Crippen LogP contribution is -2.49. The number of carbonyl (C=O) groups is 1. The lowest BCUT2D eigenvalue weighted by atomic mass is 9.87. The zero-order valence-corrected chi connectivity index (χ0v) is 22.7. The highest BCUT2D eigenvalue weighted by Gasteiger charge is 2.42. The third kappa shape index (κ3) is 6.38. The molecule has 1 spiro atoms. The van der Waals surface area contributed by atoms with Crippen LogP contribution in [0.25, 0.3) is 0 Å². The van der Waals surface area contributed by atoms with E-state index in [0.29, 0.717) is 23.1 Å². The molecule has 2 aliphatic rings. The van der Waals surface area contributed by atoms with Gasteiger partial charge in [-0.1, -0.05) is 23.2 Å². The smallest absolute Gasteiger partial charge is 0.254 e. The van der Waals surface area contributed by atoms with E-state index >= 15 is 0 Å². The Labute approximate surface area is 222 Å². The average Bonchev–Trinajstić information content (AvgIpc) is 3.16. The third-order valence-electron chi connectivity index (χ3n) is 6.45. The van der Waals surface area contributed by atoms with Crippen molar-refractivity contribution in [1.29, 1.82) is 0 Å². The van der Waals surface area contributed by atoms with Gasteiger partial charge in [0.25, 0.3) is 5.91 Å². The Balaban J connectivity index is 1.34. The van der Waals surface area contributed by atoms with E-state index in [1.54, 1.807) is 13.1 Å². The van der Waals surface area contributed by atoms with Gasteiger partial charge in [-0.3, -0.25) is 4.79 Å². The molecular formula is C27H34Cl2N2O5. The maximum atomic E-state index is 12.4. The molecule has 0 unspecified atom stereocenters. The third-order valence-corrected chi connectivity index (χ3v) is 6.98. The summed E-state index contributed by atoms with van der Waals surface area (Å²) >= 11 is 12.5. The Morgan fingerprint density at radius 1 is 1.19 bits per heavy atom. The van der Waals surface area contributed by atoms with Gasteiger partial charge in [0.1, 0.15) is 41.2 Å². The summed E-state index contributed by atoms with van der Waals surface area (Å²) in [4.78, 5) is 14.6. The largest absolute Gasteiger partial charge is 0.490 e. The van der Waals surface area contributed by atoms with Crippen LogP contribution in [0.5, 0.6) is 17.2 Å². The molecule has 7 nitrogen and oxygen atoms in total. The zero-order valence-electron chi connectivity index (χ0n) is 21.2. The average molecular weight is 537 g/mol. The van der Waals surface area contributed by atoms with Crippen molar-refractivity contribution in [2.75, 3.05) is 33.3 Å². The molecule has 2 N–H and O–H groups in total. The van der Waals surface area contributed by atoms with Crippen LogP contribution in [0.4, 0.5) is 0 Å². The molecule has 9 heteroatoms. The lowest BCUT2D eigenvalue weighted by molar-refractivity contribution is -0.00202. The van der Waals surface area contributed by atoms with E-state index in [4.69, 9.17) is 37.4 Å². The van der Waals surface area contributed by atoms with Crippen LogP contribution < -0.4 is 19.5 Å². The summed E-state index contributed by atoms with van der Waals surface area (Å²) in [6.45, 7) is 7.85. The van der Waals surface area contributed by atoms with Crippen LogP contribution in [0.1, 0.15) is 49.5 Å². The summed E-state index contributed by atoms with van der Waals surface area (Å²) in [5, 5.41) is 14.4. The first-order valence-corrected chi connectivity index (χ1v) is 13.0. The molecule has 0 radical (unpaired) electrons. The van der Waals surface area contributed by atoms with Gasteiger partial charge in [-0.15, -0.1) is 0 Å². The molecule has 0 saturated carbocycles. The van der Waals surface area contributed by atoms with Crippen LogP contribution in [-0.2, 0) is 6.42 Å². The monoisotopic (exact) mass is 536 g/mol. The maximum Gasteiger partial charge on any atom is 0.254 e. The number of amides is 1. The first-order chi connectivity index (χ1) is 17.0. The van der Waals surface area contributed by atoms with Gasteiger partial charge >= 0.3 is 0 Å². The number of piperidine rings is 1. The highest BCUT2D eigenvalue weighted by Crippen LogP contribution is 2.42. The summed E-state index contributed by atoms with van der Waals surface area (Å²) in [7, 11) is 1.54. The number of likely N-dealkylation sites (tertiary alicyclic amines) is 1. The topological polar surface area (TPSA) is 80.3 Å². The molecule has 2 aromatic carbocycles. The van der Waals surface area contributed by atoms with Gasteiger partial charge in [-0.25, -0.2) is 0 Å². The van der Waals surface area contributed by atoms with Gasteiger partial charge < -0.3 is 29.5 Å². The van der Waals surface area contributed by atoms with E-state index in [1.807, 2.05) is 39.0 Å². The molecule has 1 atom stereocenters. The molecular weight excluding hydrogens is 503 g/mol. The fourth-order valence-corrected chi connectivity index (χ4v) is 5.13. The van der Waals surface area contributed by atoms with Gasteiger partial charge in [0.05, 0.1) is 10.6 Å². The Morgan fingerprint density at radius 3 is 2.58 bits per heavy atom. The van der Waals surface area contributed by atoms with E-state index < -0.39 is 11.7 Å². The molecule has 2 heterocycles. The Kier molecular flexibility index (Phi) is 7.95. The van der Waals surface area contributed by atoms with E-state index in [2.05, 4.69) is 10.2 Å². The number of aliphatic hydroxyl groups excluding tert-OH is 1. The molecule has 0 bridgehead atoms. The number of benzene rings is 2. The molecule has 4 rings (SSSR count). The number of fused-ring (bicyclic) bond motifs is 1. The van der Waals surface area contributed by atoms with Crippen molar-refractivity contribution in [3.63, 3.8) is 0 Å². The first-order valence-electron chi connectivity index (χ1n) is 12.2. The number of hydrogen-bond donors (Lipinski definition) is 2. The zero-order chi connectivity index (χ0) is 26.1. The predicted molar refractivity (Wildman–Crippen MR) is 141 cm³/mol. The van der Waals surface area contributed by atoms with Crippen molar-refractivity contribution >= 4 is 29.1 Å². The number of rotatable bonds is 7. The van der Waals surface area contributed by atoms with Crippen LogP contribution in [0.2, 0.25) is 10.0 Å². The number of hydrogen-bond acceptors (Lipinski definition) is 6. The van der Waals surface area contributed by atoms with Gasteiger partial charge in [-0.2, -0.15) is 0 Å². The lowest BCUT2D eigenvalue weighted by Gasteiger charge is -2.39. The molecule has 2 aliphatic heterocycles. The summed E-state index contributed by atoms with van der Waals surface area (Å²) in [6.07, 6.45) is 1.87. The second-order valence-corrected chi connectivity index (χ2v) is 11.4. The Bertz CT molecular complexity index is 1110. The number of nitrogens with zero attached hydrogens (tertiary/aromatic N) is 1. The van der Waals surface area contributed by atoms with Crippen LogP contribution in [0.15, 0.2) is 30.3 Å². The fraction of sp³-hybridized carbons (Fsp3) is 0.519. The SMILES string of the molecule is CNC(=O)c1cc(Cl)c(OC(C)(C)C)cc1OC[C@@H](O)CN1CCC2(CC1)Cc1cc(Cl)ccc1O2. The second kappa shape index (κ2) is 10.7. The van der Waals surface area contributed by atoms with E-state index in [9.17, 15) is 9.90 Å². The van der Waals surface area contributed by atoms with Gasteiger partial charge in [0, 0.05) is 57.0 Å². The second-order valence-electron chi connectivity index (χ2n) is 10.6. The minimum Gasteiger partial charge on any atom is -0.490 e. The first kappa shape index (κ1) is 26.9. The minimum absolute atomic E-state index is 0.0304. The van der Waals surface area contributed by atoms with Crippen molar-refractivity contribution in [3.8, 4) is 17.2 Å². The van der Waals surface area contributed by atoms with Gasteiger partial charge in [0.2, 0.25) is 0 Å². The number of aliphatic hydroxyl groups is 1. The molecule has 2 aromatic rings. The van der Waals surface area contributed by atoms with Gasteiger partial charge in [0.15, 0.2) is 0 Å². The van der Waals surface area contributed by atoms with E-state index in [1.165, 1.54) is 6.07 Å². The number of halogens is 2. The standard InChI is InChI=1S/C27H34Cl2N2O5/c1-26(2,3)35-24-13-23(20(12-21(24)29)25(33)30-4)34-16-19(32)15-31-9-7-27(8-10-31)14-17-11-18(28)5-6-22(17)36-27/h5-6,11-13,19,32H,7-10,14-16H2,1-4H3,(H,30,33)/t19-/m0/s1. The maximum absolute atomic E-state index is 12.4. The molecule has 0 aromatic heterocycles. The molecule has 0 aliphatic carbocycles. The quantitative estimate of drug-likeness (QED) is 0.531. The number of nitrogens with one attached hydrogen (secondary N) is 1. The molecule has 1 saturated heterocycles. The normalized spacial score (nSPS) is 17.9. The summed E-state index contributed by atoms with van der Waals surface area (Å²) < 4.78 is 18.1. The summed E-state index contributed by atoms with van der Waals surface area (Å²) in [6, 6.07) is 8.93. The molecule has 1 fully saturated rings. The van der Waals surface area contributed by atoms with Crippen molar-refractivity contribution in [1.82, 2.24) is 10.2 Å². The Hall–Kier alpha value is -2.19. The Morgan fingerprint density at radius 2 is 1.92 bits per heavy atom. The van der Waals surface area contributed by atoms with Gasteiger partial charge in [-0.05, 0) is 50.6 Å². The van der Waals surface area contributed by atoms with Crippen LogP contribution in [0.3, 0.4) is 0 Å². The van der Waals surface area contributed by atoms with Crippen molar-refractivity contribution < 1.29 is 24.1 Å². The predicted octanol–water partition coefficient (Wildman–Crippen LogP) is 4.74. The summed E-state index contributed by atoms with van der Waals surface area (Å²) in [5.74, 6) is 1.32. The van der Waals surface area contributed by atoms with E-state index in [0.717, 1.165) is 48.7 Å². The van der Waals surface area contributed by atoms with Crippen LogP contribution in [-0.4, -0.2) is 66.5 Å². The summed E-state index contributed by atoms with van der Waals surface area (Å²) in [5.41, 5.74) is 0.778. The molecule has 196 valence electrons. The highest BCUT2D eigenvalue weighted by molar-refractivity contribution is 6.32. The number of carbonyl (C=O) groups excluding carboxylic acids is 1. The fourth-order valence-electron chi connectivity index (χ4n) is 4.74. The highest BCUT2D eigenvalue weighted by atomic mass is 35.5. The molecule has 1 amide bonds. The van der Waals surface area contributed by atoms with Crippen LogP contribution >= 0.6 is 23.2 Å². The van der Waals surface area contributed by atoms with Crippen molar-refractivity contribution in [2.45, 2.75) is 57.3 Å². The minimum atomic E-state index is -0.736.